The van der Waals surface area contributed by atoms with Crippen LogP contribution >= 0.6 is 0 Å². The van der Waals surface area contributed by atoms with Crippen LogP contribution in [-0.2, 0) is 14.8 Å². The molecule has 1 aliphatic carbocycles. The maximum atomic E-state index is 12.6. The minimum absolute atomic E-state index is 0.161. The Morgan fingerprint density at radius 1 is 1.23 bits per heavy atom. The van der Waals surface area contributed by atoms with Gasteiger partial charge in [0.15, 0.2) is 0 Å². The molecule has 6 heteroatoms. The fourth-order valence-electron chi connectivity index (χ4n) is 3.62. The maximum absolute atomic E-state index is 12.6. The van der Waals surface area contributed by atoms with Crippen molar-refractivity contribution < 1.29 is 18.3 Å². The van der Waals surface area contributed by atoms with Gasteiger partial charge in [0, 0.05) is 11.4 Å². The molecule has 1 aromatic rings. The van der Waals surface area contributed by atoms with Gasteiger partial charge in [0.1, 0.15) is 6.04 Å². The monoisotopic (exact) mass is 321 g/mol. The number of carbonyl (C=O) groups is 1. The third kappa shape index (κ3) is 2.80. The largest absolute Gasteiger partial charge is 0.480 e. The topological polar surface area (TPSA) is 74.7 Å². The van der Waals surface area contributed by atoms with Crippen LogP contribution in [0.2, 0.25) is 0 Å². The molecular formula is C16H19NO4S. The van der Waals surface area contributed by atoms with Gasteiger partial charge in [-0.15, -0.1) is 0 Å². The number of fused-ring (bicyclic) bond motifs is 1. The highest BCUT2D eigenvalue weighted by Crippen LogP contribution is 2.43. The van der Waals surface area contributed by atoms with Crippen LogP contribution < -0.4 is 0 Å². The number of carboxylic acid groups (broad SMARTS) is 1. The second-order valence-corrected chi connectivity index (χ2v) is 7.66. The summed E-state index contributed by atoms with van der Waals surface area (Å²) in [5.74, 6) is -0.868. The molecule has 1 saturated carbocycles. The first-order valence-corrected chi connectivity index (χ1v) is 8.99. The second kappa shape index (κ2) is 5.85. The zero-order valence-corrected chi connectivity index (χ0v) is 12.9. The van der Waals surface area contributed by atoms with Crippen molar-refractivity contribution in [3.05, 3.63) is 41.3 Å². The van der Waals surface area contributed by atoms with E-state index in [4.69, 9.17) is 0 Å². The van der Waals surface area contributed by atoms with Gasteiger partial charge in [0.2, 0.25) is 10.0 Å². The highest BCUT2D eigenvalue weighted by molar-refractivity contribution is 7.92. The molecule has 22 heavy (non-hydrogen) atoms. The zero-order chi connectivity index (χ0) is 15.7. The van der Waals surface area contributed by atoms with E-state index < -0.39 is 22.0 Å². The molecule has 0 bridgehead atoms. The van der Waals surface area contributed by atoms with Crippen LogP contribution in [0.5, 0.6) is 0 Å². The third-order valence-corrected chi connectivity index (χ3v) is 6.18. The van der Waals surface area contributed by atoms with E-state index in [1.165, 1.54) is 10.4 Å². The predicted molar refractivity (Wildman–Crippen MR) is 83.4 cm³/mol. The summed E-state index contributed by atoms with van der Waals surface area (Å²) in [6.45, 7) is 0. The molecule has 3 rings (SSSR count). The van der Waals surface area contributed by atoms with Gasteiger partial charge < -0.3 is 5.11 Å². The van der Waals surface area contributed by atoms with E-state index in [1.807, 2.05) is 30.3 Å². The van der Waals surface area contributed by atoms with Gasteiger partial charge >= 0.3 is 5.97 Å². The fraction of sp³-hybridized carbons (Fsp3) is 0.438. The van der Waals surface area contributed by atoms with Crippen molar-refractivity contribution in [3.63, 3.8) is 0 Å². The van der Waals surface area contributed by atoms with Crippen LogP contribution in [-0.4, -0.2) is 35.9 Å². The Bertz CT molecular complexity index is 683. The number of sulfonamides is 1. The van der Waals surface area contributed by atoms with Gasteiger partial charge in [0.25, 0.3) is 0 Å². The summed E-state index contributed by atoms with van der Waals surface area (Å²) in [6, 6.07) is 8.04. The van der Waals surface area contributed by atoms with E-state index in [-0.39, 0.29) is 12.0 Å². The maximum Gasteiger partial charge on any atom is 0.322 e. The third-order valence-electron chi connectivity index (χ3n) is 4.59. The van der Waals surface area contributed by atoms with Crippen LogP contribution in [0.15, 0.2) is 35.7 Å². The van der Waals surface area contributed by atoms with Crippen LogP contribution in [0.4, 0.5) is 0 Å². The number of benzene rings is 1. The van der Waals surface area contributed by atoms with Gasteiger partial charge in [-0.25, -0.2) is 8.42 Å². The first-order valence-electron chi connectivity index (χ1n) is 7.48. The van der Waals surface area contributed by atoms with Crippen LogP contribution in [0.25, 0.3) is 6.08 Å². The average molecular weight is 321 g/mol. The fourth-order valence-corrected chi connectivity index (χ4v) is 5.28. The smallest absolute Gasteiger partial charge is 0.322 e. The molecule has 118 valence electrons. The Hall–Kier alpha value is -1.66. The van der Waals surface area contributed by atoms with Gasteiger partial charge in [0.05, 0.1) is 0 Å². The van der Waals surface area contributed by atoms with Crippen molar-refractivity contribution in [1.82, 2.24) is 4.31 Å². The average Bonchev–Trinajstić information content (AvgIpc) is 3.06. The molecule has 1 aromatic carbocycles. The molecule has 0 aromatic heterocycles. The summed E-state index contributed by atoms with van der Waals surface area (Å²) in [5.41, 5.74) is 0.778. The van der Waals surface area contributed by atoms with Crippen molar-refractivity contribution in [2.75, 3.05) is 0 Å². The molecule has 2 aliphatic rings. The van der Waals surface area contributed by atoms with Gasteiger partial charge in [-0.3, -0.25) is 4.79 Å². The quantitative estimate of drug-likeness (QED) is 0.923. The van der Waals surface area contributed by atoms with Crippen LogP contribution in [0.1, 0.15) is 31.2 Å². The molecule has 0 unspecified atom stereocenters. The Morgan fingerprint density at radius 3 is 2.64 bits per heavy atom. The van der Waals surface area contributed by atoms with E-state index in [2.05, 4.69) is 0 Å². The molecule has 2 fully saturated rings. The predicted octanol–water partition coefficient (Wildman–Crippen LogP) is 2.31. The summed E-state index contributed by atoms with van der Waals surface area (Å²) < 4.78 is 26.5. The molecule has 1 aliphatic heterocycles. The molecule has 1 saturated heterocycles. The molecule has 0 radical (unpaired) electrons. The molecule has 0 spiro atoms. The minimum Gasteiger partial charge on any atom is -0.480 e. The second-order valence-electron chi connectivity index (χ2n) is 5.94. The molecule has 5 nitrogen and oxygen atoms in total. The molecule has 3 atom stereocenters. The van der Waals surface area contributed by atoms with Crippen molar-refractivity contribution in [1.29, 1.82) is 0 Å². The Morgan fingerprint density at radius 2 is 1.95 bits per heavy atom. The van der Waals surface area contributed by atoms with E-state index in [1.54, 1.807) is 0 Å². The summed E-state index contributed by atoms with van der Waals surface area (Å²) in [7, 11) is -3.73. The van der Waals surface area contributed by atoms with Crippen molar-refractivity contribution >= 4 is 22.1 Å². The lowest BCUT2D eigenvalue weighted by Crippen LogP contribution is -2.43. The lowest BCUT2D eigenvalue weighted by molar-refractivity contribution is -0.141. The summed E-state index contributed by atoms with van der Waals surface area (Å²) in [5, 5.41) is 10.5. The highest BCUT2D eigenvalue weighted by atomic mass is 32.2. The molecule has 1 N–H and O–H groups in total. The van der Waals surface area contributed by atoms with Crippen LogP contribution in [0, 0.1) is 5.92 Å². The van der Waals surface area contributed by atoms with E-state index in [9.17, 15) is 18.3 Å². The number of hydrogen-bond acceptors (Lipinski definition) is 3. The normalized spacial score (nSPS) is 29.0. The minimum atomic E-state index is -3.73. The summed E-state index contributed by atoms with van der Waals surface area (Å²) in [4.78, 5) is 11.4. The lowest BCUT2D eigenvalue weighted by atomic mass is 10.0. The number of rotatable bonds is 4. The van der Waals surface area contributed by atoms with Crippen molar-refractivity contribution in [3.8, 4) is 0 Å². The summed E-state index contributed by atoms with van der Waals surface area (Å²) in [6.07, 6.45) is 4.60. The number of aliphatic carboxylic acids is 1. The van der Waals surface area contributed by atoms with Crippen LogP contribution in [0.3, 0.4) is 0 Å². The van der Waals surface area contributed by atoms with Crippen molar-refractivity contribution in [2.45, 2.75) is 37.8 Å². The standard InChI is InChI=1S/C16H19NO4S/c18-16(19)15-11-13-7-4-8-14(13)17(15)22(20,21)10-9-12-5-2-1-3-6-12/h1-3,5-6,9-10,13-15H,4,7-8,11H2,(H,18,19)/b10-9+/t13-,14-,15-/m1/s1. The summed E-state index contributed by atoms with van der Waals surface area (Å²) >= 11 is 0. The Balaban J connectivity index is 1.89. The number of nitrogens with zero attached hydrogens (tertiary/aromatic N) is 1. The number of hydrogen-bond donors (Lipinski definition) is 1. The van der Waals surface area contributed by atoms with Gasteiger partial charge in [-0.1, -0.05) is 36.8 Å². The van der Waals surface area contributed by atoms with Crippen molar-refractivity contribution in [2.24, 2.45) is 5.92 Å². The Labute approximate surface area is 130 Å². The number of carboxylic acids is 1. The highest BCUT2D eigenvalue weighted by Gasteiger charge is 2.51. The van der Waals surface area contributed by atoms with Gasteiger partial charge in [-0.05, 0) is 36.8 Å². The first-order chi connectivity index (χ1) is 10.5. The Kier molecular flexibility index (Phi) is 4.06. The zero-order valence-electron chi connectivity index (χ0n) is 12.1. The van der Waals surface area contributed by atoms with E-state index in [0.717, 1.165) is 30.2 Å². The molecular weight excluding hydrogens is 302 g/mol. The molecule has 0 amide bonds. The van der Waals surface area contributed by atoms with E-state index in [0.29, 0.717) is 6.42 Å². The van der Waals surface area contributed by atoms with E-state index >= 15 is 0 Å². The first kappa shape index (κ1) is 15.2. The van der Waals surface area contributed by atoms with Gasteiger partial charge in [-0.2, -0.15) is 4.31 Å². The lowest BCUT2D eigenvalue weighted by Gasteiger charge is -2.25. The SMILES string of the molecule is O=C(O)[C@H]1C[C@H]2CCC[C@H]2N1S(=O)(=O)/C=C/c1ccccc1. The molecule has 1 heterocycles.